The van der Waals surface area contributed by atoms with Crippen molar-refractivity contribution in [1.29, 1.82) is 0 Å². The Labute approximate surface area is 163 Å². The van der Waals surface area contributed by atoms with Gasteiger partial charge in [0, 0.05) is 24.2 Å². The average Bonchev–Trinajstić information content (AvgIpc) is 3.13. The fraction of sp³-hybridized carbons (Fsp3) is 0.500. The summed E-state index contributed by atoms with van der Waals surface area (Å²) in [5.74, 6) is 0.673. The normalized spacial score (nSPS) is 17.1. The van der Waals surface area contributed by atoms with Crippen molar-refractivity contribution in [3.05, 3.63) is 51.6 Å². The van der Waals surface area contributed by atoms with Crippen LogP contribution >= 0.6 is 0 Å². The van der Waals surface area contributed by atoms with Crippen LogP contribution in [0, 0.1) is 6.92 Å². The lowest BCUT2D eigenvalue weighted by atomic mass is 10.0. The van der Waals surface area contributed by atoms with E-state index in [2.05, 4.69) is 52.2 Å². The van der Waals surface area contributed by atoms with Crippen LogP contribution < -0.4 is 5.56 Å². The van der Waals surface area contributed by atoms with Gasteiger partial charge in [0.25, 0.3) is 5.56 Å². The van der Waals surface area contributed by atoms with E-state index in [-0.39, 0.29) is 17.1 Å². The van der Waals surface area contributed by atoms with E-state index in [9.17, 15) is 4.79 Å². The van der Waals surface area contributed by atoms with Crippen molar-refractivity contribution in [2.75, 3.05) is 26.3 Å². The number of tetrazole rings is 1. The highest BCUT2D eigenvalue weighted by atomic mass is 16.5. The average molecular weight is 382 g/mol. The first-order valence-corrected chi connectivity index (χ1v) is 9.59. The number of ether oxygens (including phenoxy) is 1. The number of hydrogen-bond acceptors (Lipinski definition) is 6. The highest BCUT2D eigenvalue weighted by Gasteiger charge is 2.34. The second kappa shape index (κ2) is 7.10. The molecule has 3 heterocycles. The summed E-state index contributed by atoms with van der Waals surface area (Å²) in [6, 6.07) is 7.66. The molecule has 148 valence electrons. The number of hydrogen-bond donors (Lipinski definition) is 1. The predicted octanol–water partition coefficient (Wildman–Crippen LogP) is 2.00. The van der Waals surface area contributed by atoms with Crippen LogP contribution in [0.5, 0.6) is 0 Å². The summed E-state index contributed by atoms with van der Waals surface area (Å²) in [5.41, 5.74) is 2.21. The van der Waals surface area contributed by atoms with Crippen LogP contribution in [0.25, 0.3) is 10.9 Å². The Hall–Kier alpha value is -2.58. The van der Waals surface area contributed by atoms with Crippen LogP contribution in [0.3, 0.4) is 0 Å². The molecule has 1 fully saturated rings. The van der Waals surface area contributed by atoms with E-state index in [0.717, 1.165) is 16.5 Å². The van der Waals surface area contributed by atoms with Crippen molar-refractivity contribution in [3.8, 4) is 0 Å². The summed E-state index contributed by atoms with van der Waals surface area (Å²) < 4.78 is 7.34. The van der Waals surface area contributed by atoms with Crippen LogP contribution in [-0.2, 0) is 10.3 Å². The number of fused-ring (bicyclic) bond motifs is 1. The van der Waals surface area contributed by atoms with Crippen LogP contribution in [-0.4, -0.2) is 56.4 Å². The predicted molar refractivity (Wildman–Crippen MR) is 106 cm³/mol. The highest BCUT2D eigenvalue weighted by molar-refractivity contribution is 5.79. The Balaban J connectivity index is 1.92. The molecular formula is C20H26N6O2. The van der Waals surface area contributed by atoms with Gasteiger partial charge in [-0.15, -0.1) is 5.10 Å². The molecular weight excluding hydrogens is 356 g/mol. The van der Waals surface area contributed by atoms with E-state index in [1.54, 1.807) is 0 Å². The lowest BCUT2D eigenvalue weighted by Crippen LogP contribution is -2.43. The lowest BCUT2D eigenvalue weighted by molar-refractivity contribution is 0.0206. The third kappa shape index (κ3) is 3.45. The van der Waals surface area contributed by atoms with Gasteiger partial charge in [0.15, 0.2) is 5.82 Å². The van der Waals surface area contributed by atoms with E-state index in [4.69, 9.17) is 4.74 Å². The minimum Gasteiger partial charge on any atom is -0.379 e. The molecule has 1 N–H and O–H groups in total. The maximum absolute atomic E-state index is 13.1. The summed E-state index contributed by atoms with van der Waals surface area (Å²) in [6.07, 6.45) is 0. The summed E-state index contributed by atoms with van der Waals surface area (Å²) in [6.45, 7) is 10.9. The fourth-order valence-corrected chi connectivity index (χ4v) is 3.72. The summed E-state index contributed by atoms with van der Waals surface area (Å²) in [4.78, 5) is 18.3. The molecule has 1 aromatic carbocycles. The maximum Gasteiger partial charge on any atom is 0.253 e. The minimum absolute atomic E-state index is 0.115. The van der Waals surface area contributed by atoms with Gasteiger partial charge in [0.2, 0.25) is 0 Å². The van der Waals surface area contributed by atoms with E-state index in [1.807, 2.05) is 29.8 Å². The molecule has 28 heavy (non-hydrogen) atoms. The number of pyridine rings is 1. The lowest BCUT2D eigenvalue weighted by Gasteiger charge is -2.34. The molecule has 0 amide bonds. The van der Waals surface area contributed by atoms with Gasteiger partial charge >= 0.3 is 0 Å². The smallest absolute Gasteiger partial charge is 0.253 e. The van der Waals surface area contributed by atoms with Crippen molar-refractivity contribution in [2.45, 2.75) is 39.3 Å². The van der Waals surface area contributed by atoms with Gasteiger partial charge in [0.1, 0.15) is 6.04 Å². The van der Waals surface area contributed by atoms with Crippen LogP contribution in [0.2, 0.25) is 0 Å². The number of aryl methyl sites for hydroxylation is 1. The van der Waals surface area contributed by atoms with Gasteiger partial charge < -0.3 is 9.72 Å². The minimum atomic E-state index is -0.341. The molecule has 0 saturated carbocycles. The summed E-state index contributed by atoms with van der Waals surface area (Å²) >= 11 is 0. The molecule has 1 aliphatic rings. The van der Waals surface area contributed by atoms with Gasteiger partial charge in [-0.1, -0.05) is 11.6 Å². The van der Waals surface area contributed by atoms with Crippen LogP contribution in [0.1, 0.15) is 43.8 Å². The third-order valence-corrected chi connectivity index (χ3v) is 5.11. The Morgan fingerprint density at radius 3 is 2.64 bits per heavy atom. The van der Waals surface area contributed by atoms with Gasteiger partial charge in [-0.2, -0.15) is 0 Å². The molecule has 1 atom stereocenters. The van der Waals surface area contributed by atoms with Crippen molar-refractivity contribution in [3.63, 3.8) is 0 Å². The second-order valence-corrected chi connectivity index (χ2v) is 8.32. The molecule has 0 bridgehead atoms. The zero-order valence-corrected chi connectivity index (χ0v) is 16.8. The number of morpholine rings is 1. The van der Waals surface area contributed by atoms with E-state index < -0.39 is 0 Å². The summed E-state index contributed by atoms with van der Waals surface area (Å²) in [5, 5.41) is 13.5. The van der Waals surface area contributed by atoms with Crippen molar-refractivity contribution >= 4 is 10.9 Å². The number of aromatic nitrogens is 5. The number of aromatic amines is 1. The number of rotatable bonds is 3. The number of nitrogens with zero attached hydrogens (tertiary/aromatic N) is 5. The van der Waals surface area contributed by atoms with Crippen LogP contribution in [0.4, 0.5) is 0 Å². The topological polar surface area (TPSA) is 88.9 Å². The molecule has 2 aromatic heterocycles. The molecule has 8 nitrogen and oxygen atoms in total. The van der Waals surface area contributed by atoms with Gasteiger partial charge in [0.05, 0.1) is 18.8 Å². The monoisotopic (exact) mass is 382 g/mol. The van der Waals surface area contributed by atoms with E-state index >= 15 is 0 Å². The molecule has 3 aromatic rings. The highest BCUT2D eigenvalue weighted by Crippen LogP contribution is 2.29. The molecule has 0 unspecified atom stereocenters. The zero-order chi connectivity index (χ0) is 19.9. The molecule has 4 rings (SSSR count). The molecule has 0 spiro atoms. The largest absolute Gasteiger partial charge is 0.379 e. The number of benzene rings is 1. The van der Waals surface area contributed by atoms with E-state index in [1.165, 1.54) is 0 Å². The second-order valence-electron chi connectivity index (χ2n) is 8.32. The Morgan fingerprint density at radius 2 is 1.93 bits per heavy atom. The SMILES string of the molecule is Cc1ccc2[nH]c(=O)c([C@H](c3nnnn3C(C)(C)C)N3CCOCC3)cc2c1. The molecule has 1 aliphatic heterocycles. The Bertz CT molecular complexity index is 1040. The molecule has 0 aliphatic carbocycles. The van der Waals surface area contributed by atoms with Gasteiger partial charge in [-0.05, 0) is 61.7 Å². The van der Waals surface area contributed by atoms with Crippen molar-refractivity contribution < 1.29 is 4.74 Å². The Morgan fingerprint density at radius 1 is 1.18 bits per heavy atom. The molecule has 8 heteroatoms. The van der Waals surface area contributed by atoms with Gasteiger partial charge in [-0.25, -0.2) is 4.68 Å². The molecule has 1 saturated heterocycles. The summed E-state index contributed by atoms with van der Waals surface area (Å²) in [7, 11) is 0. The maximum atomic E-state index is 13.1. The van der Waals surface area contributed by atoms with Gasteiger partial charge in [-0.3, -0.25) is 9.69 Å². The number of H-pyrrole nitrogens is 1. The quantitative estimate of drug-likeness (QED) is 0.745. The zero-order valence-electron chi connectivity index (χ0n) is 16.8. The molecule has 0 radical (unpaired) electrons. The third-order valence-electron chi connectivity index (χ3n) is 5.11. The van der Waals surface area contributed by atoms with Crippen LogP contribution in [0.15, 0.2) is 29.1 Å². The Kier molecular flexibility index (Phi) is 4.76. The number of nitrogens with one attached hydrogen (secondary N) is 1. The standard InChI is InChI=1S/C20H26N6O2/c1-13-5-6-16-14(11-13)12-15(19(27)21-16)17(25-7-9-28-10-8-25)18-22-23-24-26(18)20(2,3)4/h5-6,11-12,17H,7-10H2,1-4H3,(H,21,27)/t17-/m1/s1. The van der Waals surface area contributed by atoms with Crippen molar-refractivity contribution in [2.24, 2.45) is 0 Å². The first-order valence-electron chi connectivity index (χ1n) is 9.59. The first kappa shape index (κ1) is 18.8. The van der Waals surface area contributed by atoms with Crippen molar-refractivity contribution in [1.82, 2.24) is 30.1 Å². The fourth-order valence-electron chi connectivity index (χ4n) is 3.72. The van der Waals surface area contributed by atoms with E-state index in [0.29, 0.717) is 37.7 Å². The first-order chi connectivity index (χ1) is 13.3.